The van der Waals surface area contributed by atoms with Crippen LogP contribution in [0.3, 0.4) is 0 Å². The highest BCUT2D eigenvalue weighted by Crippen LogP contribution is 2.25. The standard InChI is InChI=1S/C20H21NO4.ClHO4/c1-23-11-3-10-21-18-13-20(14-4-7-16(24-2)8-5-14)25-19-9-6-15(22)12-17(18)19;2-1(3,4)5/h4-9,12-13,22H,3,10-11H2,1-2H3;(H,2,3,4,5). The van der Waals surface area contributed by atoms with E-state index in [1.165, 1.54) is 0 Å². The molecule has 0 bridgehead atoms. The lowest BCUT2D eigenvalue weighted by molar-refractivity contribution is -2.00. The SMILES string of the molecule is COCCC[NH+]=c1cc(-c2ccc(OC)cc2)oc2ccc(O)cc12.[O-][Cl+3]([O-])([O-])[O-]. The highest BCUT2D eigenvalue weighted by atomic mass is 35.7. The maximum Gasteiger partial charge on any atom is 0.213 e. The van der Waals surface area contributed by atoms with Crippen molar-refractivity contribution in [3.63, 3.8) is 0 Å². The number of ether oxygens (including phenoxy) is 2. The summed E-state index contributed by atoms with van der Waals surface area (Å²) in [7, 11) is -1.61. The number of hydrogen-bond acceptors (Lipinski definition) is 8. The van der Waals surface area contributed by atoms with Gasteiger partial charge in [-0.3, -0.25) is 0 Å². The summed E-state index contributed by atoms with van der Waals surface area (Å²) in [4.78, 5) is 3.41. The van der Waals surface area contributed by atoms with Crippen molar-refractivity contribution in [1.29, 1.82) is 0 Å². The second kappa shape index (κ2) is 10.9. The maximum atomic E-state index is 9.81. The van der Waals surface area contributed by atoms with Crippen molar-refractivity contribution in [2.45, 2.75) is 6.42 Å². The topological polar surface area (TPSA) is 158 Å². The van der Waals surface area contributed by atoms with E-state index < -0.39 is 10.2 Å². The molecule has 1 heterocycles. The van der Waals surface area contributed by atoms with Crippen LogP contribution >= 0.6 is 0 Å². The molecule has 0 saturated heterocycles. The van der Waals surface area contributed by atoms with Crippen molar-refractivity contribution >= 4 is 11.0 Å². The van der Waals surface area contributed by atoms with Gasteiger partial charge < -0.3 is 19.0 Å². The minimum Gasteiger partial charge on any atom is -0.508 e. The quantitative estimate of drug-likeness (QED) is 0.386. The second-order valence-electron chi connectivity index (χ2n) is 6.08. The third-order valence-electron chi connectivity index (χ3n) is 3.96. The van der Waals surface area contributed by atoms with E-state index in [1.807, 2.05) is 30.3 Å². The van der Waals surface area contributed by atoms with Crippen molar-refractivity contribution < 1.29 is 52.9 Å². The van der Waals surface area contributed by atoms with E-state index >= 15 is 0 Å². The van der Waals surface area contributed by atoms with Gasteiger partial charge in [-0.25, -0.2) is 23.6 Å². The molecular formula is C20H22ClNO8. The molecule has 3 aromatic rings. The summed E-state index contributed by atoms with van der Waals surface area (Å²) in [6.07, 6.45) is 0.890. The molecule has 10 heteroatoms. The molecule has 0 aliphatic rings. The molecule has 2 N–H and O–H groups in total. The van der Waals surface area contributed by atoms with Gasteiger partial charge in [0.05, 0.1) is 25.2 Å². The number of hydrogen-bond donors (Lipinski definition) is 2. The molecule has 3 rings (SSSR count). The lowest BCUT2D eigenvalue weighted by Gasteiger charge is -2.17. The highest BCUT2D eigenvalue weighted by Gasteiger charge is 2.10. The van der Waals surface area contributed by atoms with Crippen LogP contribution in [0.4, 0.5) is 0 Å². The van der Waals surface area contributed by atoms with Gasteiger partial charge in [0.1, 0.15) is 29.4 Å². The van der Waals surface area contributed by atoms with E-state index in [0.29, 0.717) is 12.2 Å². The zero-order valence-electron chi connectivity index (χ0n) is 16.4. The smallest absolute Gasteiger partial charge is 0.213 e. The Labute approximate surface area is 174 Å². The van der Waals surface area contributed by atoms with Crippen molar-refractivity contribution in [2.24, 2.45) is 0 Å². The Morgan fingerprint density at radius 3 is 2.27 bits per heavy atom. The number of fused-ring (bicyclic) bond motifs is 1. The van der Waals surface area contributed by atoms with Crippen molar-refractivity contribution in [3.05, 3.63) is 53.9 Å². The van der Waals surface area contributed by atoms with Gasteiger partial charge in [-0.15, -0.1) is 10.2 Å². The molecule has 0 unspecified atom stereocenters. The van der Waals surface area contributed by atoms with Gasteiger partial charge in [0.25, 0.3) is 0 Å². The van der Waals surface area contributed by atoms with Gasteiger partial charge in [-0.05, 0) is 42.5 Å². The Hall–Kier alpha value is -2.66. The number of halogens is 1. The van der Waals surface area contributed by atoms with Gasteiger partial charge >= 0.3 is 0 Å². The molecule has 0 fully saturated rings. The van der Waals surface area contributed by atoms with Crippen LogP contribution in [-0.4, -0.2) is 32.5 Å². The van der Waals surface area contributed by atoms with E-state index in [9.17, 15) is 5.11 Å². The minimum atomic E-state index is -4.94. The first kappa shape index (κ1) is 23.6. The fourth-order valence-corrected chi connectivity index (χ4v) is 2.66. The second-order valence-corrected chi connectivity index (χ2v) is 6.84. The summed E-state index contributed by atoms with van der Waals surface area (Å²) < 4.78 is 50.3. The number of phenolic OH excluding ortho intramolecular Hbond substituents is 1. The fraction of sp³-hybridized carbons (Fsp3) is 0.250. The molecule has 30 heavy (non-hydrogen) atoms. The maximum absolute atomic E-state index is 9.81. The third-order valence-corrected chi connectivity index (χ3v) is 3.96. The molecule has 2 aromatic carbocycles. The Bertz CT molecular complexity index is 1010. The number of aromatic hydroxyl groups is 1. The molecule has 0 aliphatic heterocycles. The monoisotopic (exact) mass is 439 g/mol. The predicted octanol–water partition coefficient (Wildman–Crippen LogP) is -2.92. The Balaban J connectivity index is 0.000000575. The van der Waals surface area contributed by atoms with Gasteiger partial charge in [0.15, 0.2) is 0 Å². The largest absolute Gasteiger partial charge is 0.508 e. The lowest BCUT2D eigenvalue weighted by atomic mass is 10.1. The average molecular weight is 440 g/mol. The summed E-state index contributed by atoms with van der Waals surface area (Å²) in [6, 6.07) is 14.8. The number of nitrogens with one attached hydrogen (secondary N) is 1. The molecule has 0 spiro atoms. The first-order chi connectivity index (χ1) is 14.2. The molecule has 0 amide bonds. The first-order valence-corrected chi connectivity index (χ1v) is 10.0. The Kier molecular flexibility index (Phi) is 8.60. The van der Waals surface area contributed by atoms with E-state index in [4.69, 9.17) is 32.5 Å². The molecule has 0 saturated carbocycles. The van der Waals surface area contributed by atoms with Crippen LogP contribution in [0.5, 0.6) is 11.5 Å². The zero-order valence-corrected chi connectivity index (χ0v) is 17.2. The van der Waals surface area contributed by atoms with E-state index in [0.717, 1.165) is 40.8 Å². The van der Waals surface area contributed by atoms with Gasteiger partial charge in [0, 0.05) is 19.1 Å². The van der Waals surface area contributed by atoms with E-state index in [1.54, 1.807) is 32.4 Å². The van der Waals surface area contributed by atoms with Crippen LogP contribution in [0, 0.1) is 10.2 Å². The van der Waals surface area contributed by atoms with Crippen molar-refractivity contribution in [3.8, 4) is 22.8 Å². The summed E-state index contributed by atoms with van der Waals surface area (Å²) in [5, 5.41) is 11.6. The van der Waals surface area contributed by atoms with Gasteiger partial charge in [-0.1, -0.05) is 0 Å². The lowest BCUT2D eigenvalue weighted by Crippen LogP contribution is -2.76. The first-order valence-electron chi connectivity index (χ1n) is 8.80. The van der Waals surface area contributed by atoms with Crippen LogP contribution in [-0.2, 0) is 4.74 Å². The normalized spacial score (nSPS) is 11.9. The number of methoxy groups -OCH3 is 2. The molecule has 0 atom stereocenters. The van der Waals surface area contributed by atoms with E-state index in [-0.39, 0.29) is 5.75 Å². The zero-order chi connectivity index (χ0) is 22.1. The Morgan fingerprint density at radius 2 is 1.67 bits per heavy atom. The van der Waals surface area contributed by atoms with Crippen LogP contribution in [0.15, 0.2) is 52.9 Å². The third kappa shape index (κ3) is 7.64. The summed E-state index contributed by atoms with van der Waals surface area (Å²) in [5.74, 6) is 1.75. The summed E-state index contributed by atoms with van der Waals surface area (Å²) in [6.45, 7) is 1.46. The molecule has 0 aliphatic carbocycles. The highest BCUT2D eigenvalue weighted by molar-refractivity contribution is 5.79. The summed E-state index contributed by atoms with van der Waals surface area (Å²) in [5.41, 5.74) is 1.66. The average Bonchev–Trinajstić information content (AvgIpc) is 2.70. The fourth-order valence-electron chi connectivity index (χ4n) is 2.66. The molecule has 162 valence electrons. The number of rotatable bonds is 6. The summed E-state index contributed by atoms with van der Waals surface area (Å²) >= 11 is 0. The minimum absolute atomic E-state index is 0.208. The van der Waals surface area contributed by atoms with Gasteiger partial charge in [0.2, 0.25) is 5.36 Å². The Morgan fingerprint density at radius 1 is 1.00 bits per heavy atom. The number of phenols is 1. The van der Waals surface area contributed by atoms with Crippen molar-refractivity contribution in [2.75, 3.05) is 27.4 Å². The van der Waals surface area contributed by atoms with E-state index in [2.05, 4.69) is 4.99 Å². The molecular weight excluding hydrogens is 418 g/mol. The predicted molar refractivity (Wildman–Crippen MR) is 95.3 cm³/mol. The van der Waals surface area contributed by atoms with Gasteiger partial charge in [-0.2, -0.15) is 0 Å². The van der Waals surface area contributed by atoms with Crippen molar-refractivity contribution in [1.82, 2.24) is 0 Å². The van der Waals surface area contributed by atoms with Crippen LogP contribution in [0.1, 0.15) is 6.42 Å². The van der Waals surface area contributed by atoms with Crippen LogP contribution < -0.4 is 33.7 Å². The molecule has 0 radical (unpaired) electrons. The van der Waals surface area contributed by atoms with Crippen LogP contribution in [0.2, 0.25) is 0 Å². The molecule has 1 aromatic heterocycles. The van der Waals surface area contributed by atoms with Crippen LogP contribution in [0.25, 0.3) is 22.3 Å². The molecule has 9 nitrogen and oxygen atoms in total. The number of benzene rings is 2.